The zero-order valence-corrected chi connectivity index (χ0v) is 7.17. The number of methoxy groups -OCH3 is 1. The molecule has 0 aromatic carbocycles. The smallest absolute Gasteiger partial charge is 0.330 e. The lowest BCUT2D eigenvalue weighted by Gasteiger charge is -1.95. The van der Waals surface area contributed by atoms with Gasteiger partial charge in [-0.3, -0.25) is 0 Å². The van der Waals surface area contributed by atoms with Crippen molar-refractivity contribution in [3.8, 4) is 0 Å². The highest BCUT2D eigenvalue weighted by atomic mass is 79.9. The van der Waals surface area contributed by atoms with Gasteiger partial charge in [-0.2, -0.15) is 0 Å². The molecule has 4 heteroatoms. The average Bonchev–Trinajstić information content (AvgIpc) is 1.99. The number of rotatable bonds is 3. The SMILES string of the molecule is COC(=O)/C=C/C(Br)CO. The molecule has 0 heterocycles. The molecule has 1 N–H and O–H groups in total. The molecule has 0 aliphatic heterocycles. The number of alkyl halides is 1. The van der Waals surface area contributed by atoms with Crippen LogP contribution in [-0.2, 0) is 9.53 Å². The standard InChI is InChI=1S/C6H9BrO3/c1-10-6(9)3-2-5(7)4-8/h2-3,5,8H,4H2,1H3/b3-2+. The fourth-order valence-electron chi connectivity index (χ4n) is 0.312. The molecule has 0 aliphatic carbocycles. The van der Waals surface area contributed by atoms with Crippen molar-refractivity contribution in [2.24, 2.45) is 0 Å². The Balaban J connectivity index is 3.63. The third-order valence-electron chi connectivity index (χ3n) is 0.817. The van der Waals surface area contributed by atoms with Crippen LogP contribution in [0.1, 0.15) is 0 Å². The van der Waals surface area contributed by atoms with Crippen LogP contribution in [0.4, 0.5) is 0 Å². The maximum absolute atomic E-state index is 10.4. The summed E-state index contributed by atoms with van der Waals surface area (Å²) in [4.78, 5) is 10.2. The molecule has 3 nitrogen and oxygen atoms in total. The minimum atomic E-state index is -0.419. The van der Waals surface area contributed by atoms with E-state index in [1.54, 1.807) is 0 Å². The van der Waals surface area contributed by atoms with Crippen LogP contribution in [0.3, 0.4) is 0 Å². The molecule has 0 bridgehead atoms. The summed E-state index contributed by atoms with van der Waals surface area (Å²) >= 11 is 3.09. The van der Waals surface area contributed by atoms with E-state index < -0.39 is 5.97 Å². The van der Waals surface area contributed by atoms with Crippen molar-refractivity contribution in [3.63, 3.8) is 0 Å². The van der Waals surface area contributed by atoms with Gasteiger partial charge in [0.05, 0.1) is 18.5 Å². The molecule has 0 saturated heterocycles. The number of halogens is 1. The van der Waals surface area contributed by atoms with E-state index in [-0.39, 0.29) is 11.4 Å². The van der Waals surface area contributed by atoms with E-state index in [1.807, 2.05) is 0 Å². The van der Waals surface area contributed by atoms with Crippen LogP contribution < -0.4 is 0 Å². The third kappa shape index (κ3) is 4.52. The second-order valence-electron chi connectivity index (χ2n) is 1.58. The van der Waals surface area contributed by atoms with Crippen LogP contribution in [0.25, 0.3) is 0 Å². The second kappa shape index (κ2) is 5.44. The molecular formula is C6H9BrO3. The maximum atomic E-state index is 10.4. The summed E-state index contributed by atoms with van der Waals surface area (Å²) in [6, 6.07) is 0. The van der Waals surface area contributed by atoms with Crippen molar-refractivity contribution in [3.05, 3.63) is 12.2 Å². The van der Waals surface area contributed by atoms with Crippen molar-refractivity contribution in [1.29, 1.82) is 0 Å². The number of carbonyl (C=O) groups is 1. The fourth-order valence-corrected chi connectivity index (χ4v) is 0.464. The van der Waals surface area contributed by atoms with Crippen LogP contribution >= 0.6 is 15.9 Å². The Morgan fingerprint density at radius 2 is 2.50 bits per heavy atom. The van der Waals surface area contributed by atoms with E-state index in [0.717, 1.165) is 0 Å². The number of ether oxygens (including phenoxy) is 1. The Kier molecular flexibility index (Phi) is 5.25. The summed E-state index contributed by atoms with van der Waals surface area (Å²) in [5.74, 6) is -0.419. The number of aliphatic hydroxyl groups is 1. The highest BCUT2D eigenvalue weighted by molar-refractivity contribution is 9.09. The van der Waals surface area contributed by atoms with Gasteiger partial charge in [0, 0.05) is 6.08 Å². The topological polar surface area (TPSA) is 46.5 Å². The van der Waals surface area contributed by atoms with Gasteiger partial charge < -0.3 is 9.84 Å². The van der Waals surface area contributed by atoms with E-state index in [4.69, 9.17) is 5.11 Å². The summed E-state index contributed by atoms with van der Waals surface area (Å²) in [6.45, 7) is -0.0342. The lowest BCUT2D eigenvalue weighted by Crippen LogP contribution is -2.01. The molecule has 1 unspecified atom stereocenters. The zero-order valence-electron chi connectivity index (χ0n) is 5.58. The van der Waals surface area contributed by atoms with Crippen molar-refractivity contribution in [1.82, 2.24) is 0 Å². The summed E-state index contributed by atoms with van der Waals surface area (Å²) in [5.41, 5.74) is 0. The van der Waals surface area contributed by atoms with Gasteiger partial charge in [0.2, 0.25) is 0 Å². The molecule has 58 valence electrons. The van der Waals surface area contributed by atoms with Crippen molar-refractivity contribution >= 4 is 21.9 Å². The zero-order chi connectivity index (χ0) is 7.98. The molecule has 0 radical (unpaired) electrons. The first kappa shape index (κ1) is 9.65. The number of hydrogen-bond acceptors (Lipinski definition) is 3. The van der Waals surface area contributed by atoms with Gasteiger partial charge in [0.1, 0.15) is 0 Å². The van der Waals surface area contributed by atoms with Gasteiger partial charge in [-0.25, -0.2) is 4.79 Å². The van der Waals surface area contributed by atoms with Gasteiger partial charge in [0.25, 0.3) is 0 Å². The van der Waals surface area contributed by atoms with Crippen LogP contribution in [0.5, 0.6) is 0 Å². The van der Waals surface area contributed by atoms with Crippen LogP contribution in [-0.4, -0.2) is 29.6 Å². The van der Waals surface area contributed by atoms with Crippen molar-refractivity contribution < 1.29 is 14.6 Å². The molecule has 1 atom stereocenters. The van der Waals surface area contributed by atoms with Crippen LogP contribution in [0.15, 0.2) is 12.2 Å². The normalized spacial score (nSPS) is 13.5. The van der Waals surface area contributed by atoms with E-state index in [1.165, 1.54) is 19.3 Å². The number of carbonyl (C=O) groups excluding carboxylic acids is 1. The Morgan fingerprint density at radius 1 is 1.90 bits per heavy atom. The van der Waals surface area contributed by atoms with E-state index in [2.05, 4.69) is 20.7 Å². The molecule has 0 amide bonds. The second-order valence-corrected chi connectivity index (χ2v) is 2.76. The van der Waals surface area contributed by atoms with E-state index in [9.17, 15) is 4.79 Å². The summed E-state index contributed by atoms with van der Waals surface area (Å²) in [5, 5.41) is 8.47. The molecular weight excluding hydrogens is 200 g/mol. The molecule has 0 saturated carbocycles. The first-order valence-electron chi connectivity index (χ1n) is 2.71. The van der Waals surface area contributed by atoms with Crippen LogP contribution in [0, 0.1) is 0 Å². The summed E-state index contributed by atoms with van der Waals surface area (Å²) in [6.07, 6.45) is 2.78. The Hall–Kier alpha value is -0.350. The van der Waals surface area contributed by atoms with Gasteiger partial charge in [-0.15, -0.1) is 0 Å². The van der Waals surface area contributed by atoms with E-state index in [0.29, 0.717) is 0 Å². The van der Waals surface area contributed by atoms with Gasteiger partial charge >= 0.3 is 5.97 Å². The minimum absolute atomic E-state index is 0.0342. The molecule has 0 aromatic rings. The van der Waals surface area contributed by atoms with Crippen molar-refractivity contribution in [2.45, 2.75) is 4.83 Å². The predicted molar refractivity (Wildman–Crippen MR) is 41.0 cm³/mol. The highest BCUT2D eigenvalue weighted by Gasteiger charge is 1.96. The average molecular weight is 209 g/mol. The first-order chi connectivity index (χ1) is 4.70. The maximum Gasteiger partial charge on any atom is 0.330 e. The molecule has 10 heavy (non-hydrogen) atoms. The molecule has 0 aliphatic rings. The molecule has 0 aromatic heterocycles. The van der Waals surface area contributed by atoms with Gasteiger partial charge in [0.15, 0.2) is 0 Å². The lowest BCUT2D eigenvalue weighted by atomic mass is 10.4. The Morgan fingerprint density at radius 3 is 2.90 bits per heavy atom. The Labute approximate surface area is 67.8 Å². The van der Waals surface area contributed by atoms with Crippen LogP contribution in [0.2, 0.25) is 0 Å². The molecule has 0 rings (SSSR count). The number of esters is 1. The van der Waals surface area contributed by atoms with Gasteiger partial charge in [-0.1, -0.05) is 22.0 Å². The number of aliphatic hydroxyl groups excluding tert-OH is 1. The number of hydrogen-bond donors (Lipinski definition) is 1. The summed E-state index contributed by atoms with van der Waals surface area (Å²) in [7, 11) is 1.30. The van der Waals surface area contributed by atoms with Crippen molar-refractivity contribution in [2.75, 3.05) is 13.7 Å². The quantitative estimate of drug-likeness (QED) is 0.417. The minimum Gasteiger partial charge on any atom is -0.466 e. The lowest BCUT2D eigenvalue weighted by molar-refractivity contribution is -0.134. The third-order valence-corrected chi connectivity index (χ3v) is 1.41. The first-order valence-corrected chi connectivity index (χ1v) is 3.63. The largest absolute Gasteiger partial charge is 0.466 e. The van der Waals surface area contributed by atoms with Gasteiger partial charge in [-0.05, 0) is 0 Å². The predicted octanol–water partition coefficient (Wildman–Crippen LogP) is 0.471. The molecule has 0 fully saturated rings. The highest BCUT2D eigenvalue weighted by Crippen LogP contribution is 1.98. The summed E-state index contributed by atoms with van der Waals surface area (Å²) < 4.78 is 4.32. The Bertz CT molecular complexity index is 133. The molecule has 0 spiro atoms. The fraction of sp³-hybridized carbons (Fsp3) is 0.500. The monoisotopic (exact) mass is 208 g/mol. The van der Waals surface area contributed by atoms with E-state index >= 15 is 0 Å².